The van der Waals surface area contributed by atoms with Crippen LogP contribution in [-0.2, 0) is 6.54 Å². The van der Waals surface area contributed by atoms with Gasteiger partial charge < -0.3 is 5.73 Å². The standard InChI is InChI=1S/C14H22N2/c1-5-8-16(11(2)3)10-13-9-12(4)6-7-14(13)15/h5-7,9,11H,1,8,10,15H2,2-4H3. The molecule has 2 N–H and O–H groups in total. The van der Waals surface area contributed by atoms with Crippen LogP contribution in [0.1, 0.15) is 25.0 Å². The lowest BCUT2D eigenvalue weighted by Gasteiger charge is -2.25. The maximum atomic E-state index is 5.98. The Morgan fingerprint density at radius 3 is 2.69 bits per heavy atom. The normalized spacial score (nSPS) is 11.1. The molecular weight excluding hydrogens is 196 g/mol. The first kappa shape index (κ1) is 12.8. The molecule has 0 unspecified atom stereocenters. The Balaban J connectivity index is 2.84. The minimum atomic E-state index is 0.498. The zero-order valence-electron chi connectivity index (χ0n) is 10.5. The summed E-state index contributed by atoms with van der Waals surface area (Å²) in [5.41, 5.74) is 9.32. The third kappa shape index (κ3) is 3.38. The smallest absolute Gasteiger partial charge is 0.0359 e. The van der Waals surface area contributed by atoms with E-state index < -0.39 is 0 Å². The number of benzene rings is 1. The Morgan fingerprint density at radius 1 is 1.44 bits per heavy atom. The number of nitrogen functional groups attached to an aromatic ring is 1. The minimum Gasteiger partial charge on any atom is -0.398 e. The van der Waals surface area contributed by atoms with Crippen molar-refractivity contribution in [3.63, 3.8) is 0 Å². The van der Waals surface area contributed by atoms with Crippen molar-refractivity contribution in [3.8, 4) is 0 Å². The van der Waals surface area contributed by atoms with Crippen LogP contribution in [-0.4, -0.2) is 17.5 Å². The first-order valence-corrected chi connectivity index (χ1v) is 5.74. The van der Waals surface area contributed by atoms with Gasteiger partial charge in [-0.3, -0.25) is 4.90 Å². The minimum absolute atomic E-state index is 0.498. The molecule has 0 radical (unpaired) electrons. The van der Waals surface area contributed by atoms with Crippen LogP contribution in [0.25, 0.3) is 0 Å². The van der Waals surface area contributed by atoms with E-state index in [1.54, 1.807) is 0 Å². The van der Waals surface area contributed by atoms with Crippen molar-refractivity contribution in [2.45, 2.75) is 33.4 Å². The van der Waals surface area contributed by atoms with E-state index in [4.69, 9.17) is 5.73 Å². The fourth-order valence-corrected chi connectivity index (χ4v) is 1.71. The van der Waals surface area contributed by atoms with Crippen molar-refractivity contribution in [2.75, 3.05) is 12.3 Å². The Kier molecular flexibility index (Phi) is 4.56. The second-order valence-corrected chi connectivity index (χ2v) is 4.51. The van der Waals surface area contributed by atoms with Crippen LogP contribution in [0, 0.1) is 6.92 Å². The van der Waals surface area contributed by atoms with Crippen LogP contribution in [0.5, 0.6) is 0 Å². The highest BCUT2D eigenvalue weighted by molar-refractivity contribution is 5.48. The zero-order chi connectivity index (χ0) is 12.1. The molecule has 0 amide bonds. The summed E-state index contributed by atoms with van der Waals surface area (Å²) in [4.78, 5) is 2.35. The number of anilines is 1. The topological polar surface area (TPSA) is 29.3 Å². The van der Waals surface area contributed by atoms with Crippen LogP contribution < -0.4 is 5.73 Å². The molecule has 1 rings (SSSR count). The van der Waals surface area contributed by atoms with E-state index in [1.807, 2.05) is 18.2 Å². The van der Waals surface area contributed by atoms with Gasteiger partial charge in [-0.1, -0.05) is 23.8 Å². The van der Waals surface area contributed by atoms with Gasteiger partial charge in [0.05, 0.1) is 0 Å². The van der Waals surface area contributed by atoms with Gasteiger partial charge in [-0.25, -0.2) is 0 Å². The Morgan fingerprint density at radius 2 is 2.12 bits per heavy atom. The lowest BCUT2D eigenvalue weighted by molar-refractivity contribution is 0.238. The molecule has 16 heavy (non-hydrogen) atoms. The summed E-state index contributed by atoms with van der Waals surface area (Å²) in [6, 6.07) is 6.69. The van der Waals surface area contributed by atoms with Gasteiger partial charge in [0, 0.05) is 24.8 Å². The van der Waals surface area contributed by atoms with Gasteiger partial charge in [0.1, 0.15) is 0 Å². The maximum Gasteiger partial charge on any atom is 0.0359 e. The van der Waals surface area contributed by atoms with Gasteiger partial charge >= 0.3 is 0 Å². The highest BCUT2D eigenvalue weighted by Crippen LogP contribution is 2.17. The van der Waals surface area contributed by atoms with Crippen LogP contribution in [0.2, 0.25) is 0 Å². The van der Waals surface area contributed by atoms with Crippen molar-refractivity contribution in [1.29, 1.82) is 0 Å². The molecule has 88 valence electrons. The van der Waals surface area contributed by atoms with Crippen molar-refractivity contribution < 1.29 is 0 Å². The fraction of sp³-hybridized carbons (Fsp3) is 0.429. The number of nitrogens with two attached hydrogens (primary N) is 1. The largest absolute Gasteiger partial charge is 0.398 e. The van der Waals surface area contributed by atoms with Crippen molar-refractivity contribution in [2.24, 2.45) is 0 Å². The predicted octanol–water partition coefficient (Wildman–Crippen LogP) is 2.97. The van der Waals surface area contributed by atoms with E-state index in [-0.39, 0.29) is 0 Å². The molecule has 0 aliphatic rings. The van der Waals surface area contributed by atoms with Gasteiger partial charge in [0.25, 0.3) is 0 Å². The third-order valence-electron chi connectivity index (χ3n) is 2.77. The first-order valence-electron chi connectivity index (χ1n) is 5.74. The number of nitrogens with zero attached hydrogens (tertiary/aromatic N) is 1. The Bertz CT molecular complexity index is 356. The van der Waals surface area contributed by atoms with E-state index in [2.05, 4.69) is 38.3 Å². The highest BCUT2D eigenvalue weighted by Gasteiger charge is 2.10. The monoisotopic (exact) mass is 218 g/mol. The second kappa shape index (κ2) is 5.71. The lowest BCUT2D eigenvalue weighted by Crippen LogP contribution is -2.30. The molecule has 0 aliphatic heterocycles. The third-order valence-corrected chi connectivity index (χ3v) is 2.77. The summed E-state index contributed by atoms with van der Waals surface area (Å²) in [7, 11) is 0. The van der Waals surface area contributed by atoms with Gasteiger partial charge in [-0.05, 0) is 32.4 Å². The molecular formula is C14H22N2. The van der Waals surface area contributed by atoms with Gasteiger partial charge in [0.15, 0.2) is 0 Å². The summed E-state index contributed by atoms with van der Waals surface area (Å²) in [5.74, 6) is 0. The lowest BCUT2D eigenvalue weighted by atomic mass is 10.1. The summed E-state index contributed by atoms with van der Waals surface area (Å²) in [6.45, 7) is 12.0. The first-order chi connectivity index (χ1) is 7.54. The van der Waals surface area contributed by atoms with E-state index in [9.17, 15) is 0 Å². The molecule has 0 spiro atoms. The molecule has 0 atom stereocenters. The fourth-order valence-electron chi connectivity index (χ4n) is 1.71. The Hall–Kier alpha value is -1.28. The molecule has 0 aliphatic carbocycles. The van der Waals surface area contributed by atoms with E-state index >= 15 is 0 Å². The summed E-state index contributed by atoms with van der Waals surface area (Å²) >= 11 is 0. The van der Waals surface area contributed by atoms with Gasteiger partial charge in [-0.2, -0.15) is 0 Å². The molecule has 0 bridgehead atoms. The molecule has 2 heteroatoms. The summed E-state index contributed by atoms with van der Waals surface area (Å²) < 4.78 is 0. The molecule has 1 aromatic rings. The molecule has 0 heterocycles. The molecule has 0 fully saturated rings. The Labute approximate surface area is 98.8 Å². The van der Waals surface area contributed by atoms with Crippen LogP contribution in [0.4, 0.5) is 5.69 Å². The van der Waals surface area contributed by atoms with Crippen molar-refractivity contribution >= 4 is 5.69 Å². The molecule has 2 nitrogen and oxygen atoms in total. The average Bonchev–Trinajstić information content (AvgIpc) is 2.22. The van der Waals surface area contributed by atoms with Crippen molar-refractivity contribution in [3.05, 3.63) is 42.0 Å². The number of aryl methyl sites for hydroxylation is 1. The summed E-state index contributed by atoms with van der Waals surface area (Å²) in [5, 5.41) is 0. The number of rotatable bonds is 5. The quantitative estimate of drug-likeness (QED) is 0.608. The predicted molar refractivity (Wildman–Crippen MR) is 71.3 cm³/mol. The van der Waals surface area contributed by atoms with E-state index in [1.165, 1.54) is 11.1 Å². The number of hydrogen-bond acceptors (Lipinski definition) is 2. The van der Waals surface area contributed by atoms with Crippen LogP contribution >= 0.6 is 0 Å². The van der Waals surface area contributed by atoms with Gasteiger partial charge in [-0.15, -0.1) is 6.58 Å². The van der Waals surface area contributed by atoms with Gasteiger partial charge in [0.2, 0.25) is 0 Å². The molecule has 0 aromatic heterocycles. The van der Waals surface area contributed by atoms with Crippen LogP contribution in [0.15, 0.2) is 30.9 Å². The highest BCUT2D eigenvalue weighted by atomic mass is 15.1. The average molecular weight is 218 g/mol. The van der Waals surface area contributed by atoms with E-state index in [0.29, 0.717) is 6.04 Å². The number of hydrogen-bond donors (Lipinski definition) is 1. The van der Waals surface area contributed by atoms with E-state index in [0.717, 1.165) is 18.8 Å². The maximum absolute atomic E-state index is 5.98. The SMILES string of the molecule is C=CCN(Cc1cc(C)ccc1N)C(C)C. The molecule has 1 aromatic carbocycles. The molecule has 0 saturated carbocycles. The van der Waals surface area contributed by atoms with Crippen molar-refractivity contribution in [1.82, 2.24) is 4.90 Å². The zero-order valence-corrected chi connectivity index (χ0v) is 10.5. The summed E-state index contributed by atoms with van der Waals surface area (Å²) in [6.07, 6.45) is 1.94. The molecule has 0 saturated heterocycles. The van der Waals surface area contributed by atoms with Crippen LogP contribution in [0.3, 0.4) is 0 Å². The second-order valence-electron chi connectivity index (χ2n) is 4.51.